The van der Waals surface area contributed by atoms with Gasteiger partial charge in [0.2, 0.25) is 34.5 Å². The van der Waals surface area contributed by atoms with Gasteiger partial charge in [-0.15, -0.1) is 0 Å². The lowest BCUT2D eigenvalue weighted by atomic mass is 9.79. The molecule has 57 heavy (non-hydrogen) atoms. The Morgan fingerprint density at radius 3 is 1.37 bits per heavy atom. The van der Waals surface area contributed by atoms with E-state index in [4.69, 9.17) is 14.2 Å². The second-order valence-electron chi connectivity index (χ2n) is 16.6. The maximum atomic E-state index is 15.4. The Labute approximate surface area is 334 Å². The van der Waals surface area contributed by atoms with Crippen LogP contribution in [0.2, 0.25) is 0 Å². The molecule has 9 heteroatoms. The first-order valence-corrected chi connectivity index (χ1v) is 20.7. The van der Waals surface area contributed by atoms with Crippen LogP contribution in [0.15, 0.2) is 84.9 Å². The highest BCUT2D eigenvalue weighted by atomic mass is 16.8. The summed E-state index contributed by atoms with van der Waals surface area (Å²) in [7, 11) is 0. The molecule has 4 aromatic rings. The van der Waals surface area contributed by atoms with Gasteiger partial charge in [0.15, 0.2) is 0 Å². The first-order chi connectivity index (χ1) is 27.4. The van der Waals surface area contributed by atoms with Crippen molar-refractivity contribution >= 4 is 23.4 Å². The summed E-state index contributed by atoms with van der Waals surface area (Å²) < 4.78 is 22.1. The van der Waals surface area contributed by atoms with Crippen molar-refractivity contribution in [1.82, 2.24) is 10.6 Å². The zero-order valence-corrected chi connectivity index (χ0v) is 33.8. The molecule has 4 atom stereocenters. The minimum atomic E-state index is -2.10. The third-order valence-electron chi connectivity index (χ3n) is 12.3. The number of hydrogen-bond acceptors (Lipinski definition) is 7. The standard InChI is InChI=1S/C48H52N2O7/c1-7-9-11-21-41(51)49-45-37-25-23-31(29(3)4)27-39(37)55-47(45,35-19-15-13-17-33(35)43(45)53)57-48-36-20-16-14-18-34(36)44(54)46(48,50-42(52)22-12-10-8-2)38-26-24-32(30(5)6)28-40(38)56-48/h13-20,23-30H,7-12,21-22H2,1-6H3,(H,49,51)(H,50,52). The summed E-state index contributed by atoms with van der Waals surface area (Å²) in [6.45, 7) is 12.4. The molecule has 0 spiro atoms. The zero-order chi connectivity index (χ0) is 40.3. The summed E-state index contributed by atoms with van der Waals surface area (Å²) in [4.78, 5) is 59.3. The van der Waals surface area contributed by atoms with Gasteiger partial charge in [-0.1, -0.05) is 140 Å². The van der Waals surface area contributed by atoms with E-state index in [-0.39, 0.29) is 36.5 Å². The number of carbonyl (C=O) groups excluding carboxylic acids is 4. The summed E-state index contributed by atoms with van der Waals surface area (Å²) >= 11 is 0. The molecule has 0 radical (unpaired) electrons. The molecule has 4 unspecified atom stereocenters. The van der Waals surface area contributed by atoms with Crippen LogP contribution in [0.5, 0.6) is 11.5 Å². The highest BCUT2D eigenvalue weighted by Crippen LogP contribution is 2.68. The molecule has 0 saturated heterocycles. The number of ether oxygens (including phenoxy) is 3. The molecular weight excluding hydrogens is 717 g/mol. The molecule has 2 aliphatic heterocycles. The van der Waals surface area contributed by atoms with Crippen molar-refractivity contribution in [1.29, 1.82) is 0 Å². The summed E-state index contributed by atoms with van der Waals surface area (Å²) in [6, 6.07) is 25.5. The van der Waals surface area contributed by atoms with Gasteiger partial charge in [-0.2, -0.15) is 0 Å². The van der Waals surface area contributed by atoms with Gasteiger partial charge in [0.1, 0.15) is 11.5 Å². The van der Waals surface area contributed by atoms with Crippen molar-refractivity contribution in [2.75, 3.05) is 0 Å². The van der Waals surface area contributed by atoms with E-state index in [0.717, 1.165) is 36.8 Å². The van der Waals surface area contributed by atoms with Crippen LogP contribution in [-0.4, -0.2) is 23.4 Å². The van der Waals surface area contributed by atoms with E-state index < -0.39 is 34.2 Å². The van der Waals surface area contributed by atoms with E-state index in [9.17, 15) is 9.59 Å². The largest absolute Gasteiger partial charge is 0.454 e. The summed E-state index contributed by atoms with van der Waals surface area (Å²) in [5.41, 5.74) is 0.329. The molecule has 2 heterocycles. The number of Topliss-reactive ketones (excluding diaryl/α,β-unsaturated/α-hetero) is 2. The Balaban J connectivity index is 1.42. The molecule has 4 aliphatic rings. The van der Waals surface area contributed by atoms with Crippen molar-refractivity contribution < 1.29 is 33.4 Å². The average molecular weight is 769 g/mol. The summed E-state index contributed by atoms with van der Waals surface area (Å²) in [5.74, 6) is -4.69. The van der Waals surface area contributed by atoms with E-state index >= 15 is 9.59 Å². The molecule has 0 saturated carbocycles. The number of amides is 2. The normalized spacial score (nSPS) is 24.6. The molecule has 2 aliphatic carbocycles. The van der Waals surface area contributed by atoms with Gasteiger partial charge in [0, 0.05) is 46.2 Å². The van der Waals surface area contributed by atoms with Crippen LogP contribution >= 0.6 is 0 Å². The smallest absolute Gasteiger partial charge is 0.277 e. The monoisotopic (exact) mass is 768 g/mol. The molecule has 8 rings (SSSR count). The number of rotatable bonds is 14. The zero-order valence-electron chi connectivity index (χ0n) is 33.8. The van der Waals surface area contributed by atoms with Crippen molar-refractivity contribution in [2.45, 2.75) is 127 Å². The lowest BCUT2D eigenvalue weighted by Crippen LogP contribution is -2.68. The summed E-state index contributed by atoms with van der Waals surface area (Å²) in [5, 5.41) is 6.42. The minimum absolute atomic E-state index is 0.120. The Hall–Kier alpha value is -5.28. The van der Waals surface area contributed by atoms with Gasteiger partial charge in [-0.05, 0) is 47.9 Å². The highest BCUT2D eigenvalue weighted by Gasteiger charge is 2.81. The molecule has 2 N–H and O–H groups in total. The van der Waals surface area contributed by atoms with Crippen LogP contribution in [0.4, 0.5) is 0 Å². The second kappa shape index (κ2) is 14.3. The lowest BCUT2D eigenvalue weighted by molar-refractivity contribution is -0.346. The van der Waals surface area contributed by atoms with Crippen LogP contribution in [0.3, 0.4) is 0 Å². The maximum absolute atomic E-state index is 15.4. The van der Waals surface area contributed by atoms with E-state index in [1.165, 1.54) is 0 Å². The van der Waals surface area contributed by atoms with Crippen LogP contribution in [0, 0.1) is 0 Å². The Morgan fingerprint density at radius 2 is 0.982 bits per heavy atom. The molecule has 9 nitrogen and oxygen atoms in total. The molecular formula is C48H52N2O7. The van der Waals surface area contributed by atoms with Gasteiger partial charge in [-0.3, -0.25) is 23.9 Å². The molecule has 4 aromatic carbocycles. The van der Waals surface area contributed by atoms with E-state index in [0.29, 0.717) is 57.7 Å². The first kappa shape index (κ1) is 38.6. The van der Waals surface area contributed by atoms with Gasteiger partial charge < -0.3 is 20.1 Å². The predicted octanol–water partition coefficient (Wildman–Crippen LogP) is 9.32. The topological polar surface area (TPSA) is 120 Å². The van der Waals surface area contributed by atoms with Crippen LogP contribution in [0.25, 0.3) is 0 Å². The second-order valence-corrected chi connectivity index (χ2v) is 16.6. The Kier molecular flexibility index (Phi) is 9.66. The number of unbranched alkanes of at least 4 members (excludes halogenated alkanes) is 4. The van der Waals surface area contributed by atoms with Gasteiger partial charge in [-0.25, -0.2) is 0 Å². The maximum Gasteiger partial charge on any atom is 0.277 e. The average Bonchev–Trinajstić information content (AvgIpc) is 3.77. The third-order valence-corrected chi connectivity index (χ3v) is 12.3. The molecule has 2 amide bonds. The van der Waals surface area contributed by atoms with Crippen LogP contribution in [0.1, 0.15) is 159 Å². The third kappa shape index (κ3) is 5.44. The number of benzene rings is 4. The number of fused-ring (bicyclic) bond motifs is 10. The van der Waals surface area contributed by atoms with E-state index in [2.05, 4.69) is 52.2 Å². The fourth-order valence-electron chi connectivity index (χ4n) is 9.33. The molecule has 296 valence electrons. The van der Waals surface area contributed by atoms with Crippen molar-refractivity contribution in [3.63, 3.8) is 0 Å². The fourth-order valence-corrected chi connectivity index (χ4v) is 9.33. The van der Waals surface area contributed by atoms with Gasteiger partial charge in [0.05, 0.1) is 0 Å². The quantitative estimate of drug-likeness (QED) is 0.123. The fraction of sp³-hybridized carbons (Fsp3) is 0.417. The Bertz CT molecular complexity index is 2140. The highest BCUT2D eigenvalue weighted by molar-refractivity contribution is 6.14. The van der Waals surface area contributed by atoms with Gasteiger partial charge >= 0.3 is 0 Å². The lowest BCUT2D eigenvalue weighted by Gasteiger charge is -2.46. The Morgan fingerprint density at radius 1 is 0.579 bits per heavy atom. The molecule has 0 fully saturated rings. The minimum Gasteiger partial charge on any atom is -0.454 e. The number of ketones is 2. The van der Waals surface area contributed by atoms with E-state index in [1.807, 2.05) is 36.4 Å². The van der Waals surface area contributed by atoms with Crippen LogP contribution in [-0.2, 0) is 37.0 Å². The number of hydrogen-bond donors (Lipinski definition) is 2. The predicted molar refractivity (Wildman–Crippen MR) is 216 cm³/mol. The van der Waals surface area contributed by atoms with Gasteiger partial charge in [0.25, 0.3) is 11.6 Å². The number of nitrogens with one attached hydrogen (secondary N) is 2. The molecule has 0 bridgehead atoms. The SMILES string of the molecule is CCCCCC(=O)NC12C(=O)c3ccccc3C1(OC13Oc4cc(C(C)C)ccc4C1(NC(=O)CCCCC)C(=O)c1ccccc13)Oc1cc(C(C)C)ccc12. The van der Waals surface area contributed by atoms with E-state index in [1.54, 1.807) is 48.5 Å². The molecule has 0 aromatic heterocycles. The van der Waals surface area contributed by atoms with Crippen molar-refractivity contribution in [3.05, 3.63) is 129 Å². The number of carbonyl (C=O) groups is 4. The summed E-state index contributed by atoms with van der Waals surface area (Å²) in [6.07, 6.45) is 5.13. The van der Waals surface area contributed by atoms with Crippen LogP contribution < -0.4 is 20.1 Å². The van der Waals surface area contributed by atoms with Crippen molar-refractivity contribution in [2.24, 2.45) is 0 Å². The van der Waals surface area contributed by atoms with Crippen molar-refractivity contribution in [3.8, 4) is 11.5 Å². The first-order valence-electron chi connectivity index (χ1n) is 20.7.